The molecule has 5 heteroatoms. The molecule has 21 heavy (non-hydrogen) atoms. The molecule has 3 rings (SSSR count). The minimum Gasteiger partial charge on any atom is -0.353 e. The van der Waals surface area contributed by atoms with E-state index < -0.39 is 0 Å². The fraction of sp³-hybridized carbons (Fsp3) is 0.500. The van der Waals surface area contributed by atoms with E-state index in [1.165, 1.54) is 6.42 Å². The molecule has 2 unspecified atom stereocenters. The van der Waals surface area contributed by atoms with E-state index in [4.69, 9.17) is 5.73 Å². The van der Waals surface area contributed by atoms with Crippen LogP contribution in [0, 0.1) is 5.92 Å². The van der Waals surface area contributed by atoms with Crippen molar-refractivity contribution in [3.8, 4) is 0 Å². The van der Waals surface area contributed by atoms with Gasteiger partial charge in [0.2, 0.25) is 5.91 Å². The summed E-state index contributed by atoms with van der Waals surface area (Å²) in [5.74, 6) is 0.557. The van der Waals surface area contributed by atoms with Crippen molar-refractivity contribution in [1.29, 1.82) is 0 Å². The Morgan fingerprint density at radius 3 is 3.10 bits per heavy atom. The fourth-order valence-corrected chi connectivity index (χ4v) is 3.20. The number of para-hydroxylation sites is 2. The normalized spacial score (nSPS) is 21.8. The van der Waals surface area contributed by atoms with Crippen molar-refractivity contribution in [3.63, 3.8) is 0 Å². The van der Waals surface area contributed by atoms with Gasteiger partial charge in [0.1, 0.15) is 0 Å². The van der Waals surface area contributed by atoms with Crippen molar-refractivity contribution in [2.75, 3.05) is 6.54 Å². The van der Waals surface area contributed by atoms with Gasteiger partial charge < -0.3 is 15.6 Å². The first-order chi connectivity index (χ1) is 10.3. The van der Waals surface area contributed by atoms with E-state index in [1.807, 2.05) is 28.8 Å². The van der Waals surface area contributed by atoms with E-state index >= 15 is 0 Å². The van der Waals surface area contributed by atoms with Crippen molar-refractivity contribution in [2.45, 2.75) is 38.3 Å². The third kappa shape index (κ3) is 3.08. The first-order valence-corrected chi connectivity index (χ1v) is 7.67. The van der Waals surface area contributed by atoms with Crippen LogP contribution in [0.2, 0.25) is 0 Å². The monoisotopic (exact) mass is 286 g/mol. The molecular weight excluding hydrogens is 264 g/mol. The quantitative estimate of drug-likeness (QED) is 0.878. The van der Waals surface area contributed by atoms with E-state index in [0.717, 1.165) is 23.9 Å². The highest BCUT2D eigenvalue weighted by molar-refractivity contribution is 5.77. The number of carbonyl (C=O) groups excluding carboxylic acids is 1. The molecule has 2 atom stereocenters. The maximum Gasteiger partial charge on any atom is 0.222 e. The molecule has 3 N–H and O–H groups in total. The van der Waals surface area contributed by atoms with Gasteiger partial charge in [-0.1, -0.05) is 18.6 Å². The van der Waals surface area contributed by atoms with Gasteiger partial charge in [-0.3, -0.25) is 4.79 Å². The molecule has 112 valence electrons. The molecule has 0 spiro atoms. The van der Waals surface area contributed by atoms with E-state index in [9.17, 15) is 4.79 Å². The van der Waals surface area contributed by atoms with Gasteiger partial charge in [-0.05, 0) is 37.4 Å². The molecule has 0 aliphatic heterocycles. The molecule has 0 radical (unpaired) electrons. The molecule has 1 aliphatic rings. The Kier molecular flexibility index (Phi) is 4.20. The number of aromatic nitrogens is 2. The molecule has 2 aromatic rings. The molecular formula is C16H22N4O. The average molecular weight is 286 g/mol. The number of nitrogens with one attached hydrogen (secondary N) is 1. The topological polar surface area (TPSA) is 72.9 Å². The van der Waals surface area contributed by atoms with Crippen LogP contribution in [-0.2, 0) is 11.3 Å². The zero-order valence-corrected chi connectivity index (χ0v) is 12.2. The lowest BCUT2D eigenvalue weighted by Gasteiger charge is -2.19. The number of nitrogens with zero attached hydrogens (tertiary/aromatic N) is 2. The summed E-state index contributed by atoms with van der Waals surface area (Å²) in [6.07, 6.45) is 5.64. The molecule has 1 aliphatic carbocycles. The van der Waals surface area contributed by atoms with Gasteiger partial charge in [0, 0.05) is 19.0 Å². The molecule has 1 amide bonds. The predicted molar refractivity (Wildman–Crippen MR) is 82.7 cm³/mol. The minimum atomic E-state index is 0.109. The molecule has 5 nitrogen and oxygen atoms in total. The standard InChI is InChI=1S/C16H22N4O/c17-10-12-4-3-6-13(12)19-16(21)8-9-20-11-18-14-5-1-2-7-15(14)20/h1-2,5,7,11-13H,3-4,6,8-10,17H2,(H,19,21). The number of aryl methyl sites for hydroxylation is 1. The molecule has 0 bridgehead atoms. The lowest BCUT2D eigenvalue weighted by atomic mass is 10.0. The van der Waals surface area contributed by atoms with Crippen molar-refractivity contribution < 1.29 is 4.79 Å². The Balaban J connectivity index is 1.56. The van der Waals surface area contributed by atoms with Gasteiger partial charge in [0.05, 0.1) is 17.4 Å². The molecule has 1 fully saturated rings. The second-order valence-electron chi connectivity index (χ2n) is 5.78. The van der Waals surface area contributed by atoms with Crippen molar-refractivity contribution in [1.82, 2.24) is 14.9 Å². The summed E-state index contributed by atoms with van der Waals surface area (Å²) in [5, 5.41) is 3.14. The molecule has 1 saturated carbocycles. The maximum absolute atomic E-state index is 12.1. The predicted octanol–water partition coefficient (Wildman–Crippen LogP) is 1.67. The lowest BCUT2D eigenvalue weighted by molar-refractivity contribution is -0.122. The largest absolute Gasteiger partial charge is 0.353 e. The number of rotatable bonds is 5. The number of amides is 1. The van der Waals surface area contributed by atoms with Crippen LogP contribution in [0.4, 0.5) is 0 Å². The first kappa shape index (κ1) is 14.1. The van der Waals surface area contributed by atoms with Crippen molar-refractivity contribution in [2.24, 2.45) is 11.7 Å². The lowest BCUT2D eigenvalue weighted by Crippen LogP contribution is -2.40. The van der Waals surface area contributed by atoms with E-state index in [-0.39, 0.29) is 11.9 Å². The summed E-state index contributed by atoms with van der Waals surface area (Å²) in [7, 11) is 0. The summed E-state index contributed by atoms with van der Waals surface area (Å²) in [6, 6.07) is 8.24. The highest BCUT2D eigenvalue weighted by atomic mass is 16.1. The Morgan fingerprint density at radius 1 is 1.38 bits per heavy atom. The van der Waals surface area contributed by atoms with Gasteiger partial charge in [-0.2, -0.15) is 0 Å². The highest BCUT2D eigenvalue weighted by Crippen LogP contribution is 2.24. The number of benzene rings is 1. The Hall–Kier alpha value is -1.88. The van der Waals surface area contributed by atoms with Crippen LogP contribution in [0.1, 0.15) is 25.7 Å². The Morgan fingerprint density at radius 2 is 2.24 bits per heavy atom. The van der Waals surface area contributed by atoms with E-state index in [1.54, 1.807) is 6.33 Å². The summed E-state index contributed by atoms with van der Waals surface area (Å²) >= 11 is 0. The van der Waals surface area contributed by atoms with Gasteiger partial charge in [-0.15, -0.1) is 0 Å². The molecule has 1 heterocycles. The number of fused-ring (bicyclic) bond motifs is 1. The fourth-order valence-electron chi connectivity index (χ4n) is 3.20. The van der Waals surface area contributed by atoms with Gasteiger partial charge in [-0.25, -0.2) is 4.98 Å². The second-order valence-corrected chi connectivity index (χ2v) is 5.78. The van der Waals surface area contributed by atoms with Gasteiger partial charge >= 0.3 is 0 Å². The third-order valence-electron chi connectivity index (χ3n) is 4.42. The minimum absolute atomic E-state index is 0.109. The molecule has 1 aromatic carbocycles. The van der Waals surface area contributed by atoms with Crippen LogP contribution >= 0.6 is 0 Å². The summed E-state index contributed by atoms with van der Waals surface area (Å²) in [6.45, 7) is 1.32. The summed E-state index contributed by atoms with van der Waals surface area (Å²) < 4.78 is 2.03. The Bertz CT molecular complexity index is 622. The first-order valence-electron chi connectivity index (χ1n) is 7.67. The maximum atomic E-state index is 12.1. The number of hydrogen-bond donors (Lipinski definition) is 2. The number of carbonyl (C=O) groups is 1. The van der Waals surface area contributed by atoms with Crippen LogP contribution in [0.15, 0.2) is 30.6 Å². The smallest absolute Gasteiger partial charge is 0.222 e. The summed E-state index contributed by atoms with van der Waals surface area (Å²) in [5.41, 5.74) is 7.79. The van der Waals surface area contributed by atoms with Crippen molar-refractivity contribution >= 4 is 16.9 Å². The zero-order chi connectivity index (χ0) is 14.7. The van der Waals surface area contributed by atoms with Crippen LogP contribution in [-0.4, -0.2) is 28.0 Å². The van der Waals surface area contributed by atoms with Crippen molar-refractivity contribution in [3.05, 3.63) is 30.6 Å². The molecule has 0 saturated heterocycles. The van der Waals surface area contributed by atoms with E-state index in [2.05, 4.69) is 10.3 Å². The third-order valence-corrected chi connectivity index (χ3v) is 4.42. The SMILES string of the molecule is NCC1CCCC1NC(=O)CCn1cnc2ccccc21. The molecule has 1 aromatic heterocycles. The zero-order valence-electron chi connectivity index (χ0n) is 12.2. The number of hydrogen-bond acceptors (Lipinski definition) is 3. The summed E-state index contributed by atoms with van der Waals surface area (Å²) in [4.78, 5) is 16.4. The van der Waals surface area contributed by atoms with Gasteiger partial charge in [0.25, 0.3) is 0 Å². The second kappa shape index (κ2) is 6.26. The number of imidazole rings is 1. The number of nitrogens with two attached hydrogens (primary N) is 1. The Labute approximate surface area is 124 Å². The van der Waals surface area contributed by atoms with Crippen LogP contribution in [0.3, 0.4) is 0 Å². The van der Waals surface area contributed by atoms with E-state index in [0.29, 0.717) is 25.4 Å². The van der Waals surface area contributed by atoms with Crippen LogP contribution < -0.4 is 11.1 Å². The van der Waals surface area contributed by atoms with Crippen LogP contribution in [0.5, 0.6) is 0 Å². The highest BCUT2D eigenvalue weighted by Gasteiger charge is 2.27. The average Bonchev–Trinajstić information content (AvgIpc) is 3.11. The van der Waals surface area contributed by atoms with Gasteiger partial charge in [0.15, 0.2) is 0 Å². The van der Waals surface area contributed by atoms with Crippen LogP contribution in [0.25, 0.3) is 11.0 Å².